The average Bonchev–Trinajstić information content (AvgIpc) is 3.87. The number of nitrogens with zero attached hydrogens (tertiary/aromatic N) is 2. The maximum absolute atomic E-state index is 15.6. The molecule has 6 nitrogen and oxygen atoms in total. The number of benzene rings is 2. The summed E-state index contributed by atoms with van der Waals surface area (Å²) in [6.07, 6.45) is -7.98. The molecule has 1 aliphatic heterocycles. The molecule has 0 bridgehead atoms. The van der Waals surface area contributed by atoms with Crippen molar-refractivity contribution in [3.05, 3.63) is 88.0 Å². The van der Waals surface area contributed by atoms with Gasteiger partial charge < -0.3 is 9.47 Å². The number of pyridine rings is 1. The SMILES string of the molecule is CCOC(=O)C1CCC(c2ccc(F)c(-c3ccc(C4CC4)nc3CN3C(=O)O[C@H](c4cc(C(F)(F)F)cc(C(F)(F)F)c4)[C@@H]3C)c2)CC1. The van der Waals surface area contributed by atoms with E-state index in [4.69, 9.17) is 14.5 Å². The number of esters is 1. The maximum atomic E-state index is 15.6. The van der Waals surface area contributed by atoms with E-state index in [-0.39, 0.29) is 41.9 Å². The minimum absolute atomic E-state index is 0.0248. The van der Waals surface area contributed by atoms with Gasteiger partial charge in [0.05, 0.1) is 41.9 Å². The van der Waals surface area contributed by atoms with E-state index in [9.17, 15) is 35.9 Å². The molecular formula is C36H35F7N2O4. The van der Waals surface area contributed by atoms with Gasteiger partial charge in [0, 0.05) is 22.7 Å². The molecule has 2 aromatic carbocycles. The first kappa shape index (κ1) is 34.7. The molecule has 0 N–H and O–H groups in total. The van der Waals surface area contributed by atoms with Crippen molar-refractivity contribution >= 4 is 12.1 Å². The van der Waals surface area contributed by atoms with Crippen LogP contribution in [0.15, 0.2) is 48.5 Å². The maximum Gasteiger partial charge on any atom is 0.416 e. The lowest BCUT2D eigenvalue weighted by molar-refractivity contribution is -0.149. The molecule has 0 unspecified atom stereocenters. The van der Waals surface area contributed by atoms with Gasteiger partial charge in [-0.3, -0.25) is 14.7 Å². The first-order chi connectivity index (χ1) is 23.1. The van der Waals surface area contributed by atoms with Gasteiger partial charge >= 0.3 is 24.4 Å². The van der Waals surface area contributed by atoms with E-state index >= 15 is 4.39 Å². The van der Waals surface area contributed by atoms with Gasteiger partial charge in [-0.05, 0) is 106 Å². The van der Waals surface area contributed by atoms with E-state index in [1.807, 2.05) is 6.07 Å². The number of halogens is 7. The van der Waals surface area contributed by atoms with Crippen LogP contribution in [0.5, 0.6) is 0 Å². The molecule has 0 spiro atoms. The summed E-state index contributed by atoms with van der Waals surface area (Å²) in [7, 11) is 0. The number of carbonyl (C=O) groups excluding carboxylic acids is 2. The second kappa shape index (κ2) is 13.3. The summed E-state index contributed by atoms with van der Waals surface area (Å²) in [5.74, 6) is -0.637. The van der Waals surface area contributed by atoms with Crippen molar-refractivity contribution in [2.45, 2.75) is 95.3 Å². The van der Waals surface area contributed by atoms with Crippen LogP contribution in [0.2, 0.25) is 0 Å². The summed E-state index contributed by atoms with van der Waals surface area (Å²) in [6, 6.07) is 8.54. The summed E-state index contributed by atoms with van der Waals surface area (Å²) in [4.78, 5) is 31.4. The third-order valence-corrected chi connectivity index (χ3v) is 9.74. The van der Waals surface area contributed by atoms with Crippen molar-refractivity contribution < 1.29 is 49.8 Å². The lowest BCUT2D eigenvalue weighted by Gasteiger charge is -2.28. The lowest BCUT2D eigenvalue weighted by Crippen LogP contribution is -2.32. The molecule has 2 aliphatic carbocycles. The molecule has 2 heterocycles. The highest BCUT2D eigenvalue weighted by molar-refractivity contribution is 5.73. The molecular weight excluding hydrogens is 657 g/mol. The van der Waals surface area contributed by atoms with Gasteiger partial charge in [-0.2, -0.15) is 26.3 Å². The van der Waals surface area contributed by atoms with Crippen LogP contribution >= 0.6 is 0 Å². The van der Waals surface area contributed by atoms with Crippen LogP contribution in [-0.4, -0.2) is 34.6 Å². The Hall–Kier alpha value is -4.16. The zero-order valence-corrected chi connectivity index (χ0v) is 26.8. The standard InChI is InChI=1S/C36H35F7N2O4/c1-3-48-33(46)22-8-4-20(5-9-22)23-10-12-29(37)28(16-23)27-11-13-30(21-6-7-21)44-31(27)18-45-19(2)32(49-34(45)47)24-14-25(35(38,39)40)17-26(15-24)36(41,42)43/h10-17,19-22,32H,3-9,18H2,1-2H3/t19-,20?,22?,32-/m0/s1. The van der Waals surface area contributed by atoms with E-state index in [2.05, 4.69) is 0 Å². The van der Waals surface area contributed by atoms with Crippen molar-refractivity contribution in [3.63, 3.8) is 0 Å². The van der Waals surface area contributed by atoms with Crippen molar-refractivity contribution in [2.24, 2.45) is 5.92 Å². The van der Waals surface area contributed by atoms with Crippen LogP contribution in [-0.2, 0) is 33.2 Å². The number of rotatable bonds is 8. The van der Waals surface area contributed by atoms with Crippen molar-refractivity contribution in [1.82, 2.24) is 9.88 Å². The third-order valence-electron chi connectivity index (χ3n) is 9.74. The second-order valence-electron chi connectivity index (χ2n) is 13.1. The zero-order chi connectivity index (χ0) is 35.2. The zero-order valence-electron chi connectivity index (χ0n) is 26.8. The summed E-state index contributed by atoms with van der Waals surface area (Å²) in [6.45, 7) is 3.33. The Labute approximate surface area is 278 Å². The Bertz CT molecular complexity index is 1700. The highest BCUT2D eigenvalue weighted by Crippen LogP contribution is 2.44. The summed E-state index contributed by atoms with van der Waals surface area (Å²) >= 11 is 0. The van der Waals surface area contributed by atoms with Crippen molar-refractivity contribution in [1.29, 1.82) is 0 Å². The quantitative estimate of drug-likeness (QED) is 0.174. The smallest absolute Gasteiger partial charge is 0.416 e. The van der Waals surface area contributed by atoms with E-state index in [1.54, 1.807) is 25.1 Å². The highest BCUT2D eigenvalue weighted by atomic mass is 19.4. The van der Waals surface area contributed by atoms with Gasteiger partial charge in [0.1, 0.15) is 11.9 Å². The highest BCUT2D eigenvalue weighted by Gasteiger charge is 2.44. The van der Waals surface area contributed by atoms with Gasteiger partial charge in [-0.15, -0.1) is 0 Å². The van der Waals surface area contributed by atoms with Gasteiger partial charge in [0.2, 0.25) is 0 Å². The Morgan fingerprint density at radius 2 is 1.49 bits per heavy atom. The molecule has 2 saturated carbocycles. The van der Waals surface area contributed by atoms with Crippen molar-refractivity contribution in [3.8, 4) is 11.1 Å². The van der Waals surface area contributed by atoms with Crippen LogP contribution in [0, 0.1) is 11.7 Å². The number of hydrogen-bond acceptors (Lipinski definition) is 5. The number of cyclic esters (lactones) is 1. The minimum Gasteiger partial charge on any atom is -0.466 e. The van der Waals surface area contributed by atoms with Crippen LogP contribution in [0.3, 0.4) is 0 Å². The number of carbonyl (C=O) groups is 2. The summed E-state index contributed by atoms with van der Waals surface area (Å²) in [5.41, 5.74) is -0.843. The predicted octanol–water partition coefficient (Wildman–Crippen LogP) is 9.72. The number of ether oxygens (including phenoxy) is 2. The molecule has 2 atom stereocenters. The summed E-state index contributed by atoms with van der Waals surface area (Å²) in [5, 5.41) is 0. The molecule has 13 heteroatoms. The molecule has 1 amide bonds. The molecule has 0 radical (unpaired) electrons. The second-order valence-corrected chi connectivity index (χ2v) is 13.1. The van der Waals surface area contributed by atoms with E-state index < -0.39 is 53.1 Å². The van der Waals surface area contributed by atoms with E-state index in [0.29, 0.717) is 55.7 Å². The normalized spacial score (nSPS) is 23.0. The first-order valence-corrected chi connectivity index (χ1v) is 16.4. The monoisotopic (exact) mass is 692 g/mol. The Balaban J connectivity index is 1.30. The third kappa shape index (κ3) is 7.40. The number of amides is 1. The van der Waals surface area contributed by atoms with Crippen LogP contribution in [0.1, 0.15) is 104 Å². The summed E-state index contributed by atoms with van der Waals surface area (Å²) < 4.78 is 108. The van der Waals surface area contributed by atoms with Gasteiger partial charge in [-0.25, -0.2) is 9.18 Å². The number of aromatic nitrogens is 1. The van der Waals surface area contributed by atoms with Crippen LogP contribution in [0.4, 0.5) is 35.5 Å². The Morgan fingerprint density at radius 1 is 0.857 bits per heavy atom. The molecule has 1 saturated heterocycles. The van der Waals surface area contributed by atoms with Crippen LogP contribution in [0.25, 0.3) is 11.1 Å². The van der Waals surface area contributed by atoms with E-state index in [1.165, 1.54) is 17.9 Å². The fraction of sp³-hybridized carbons (Fsp3) is 0.472. The predicted molar refractivity (Wildman–Crippen MR) is 164 cm³/mol. The first-order valence-electron chi connectivity index (χ1n) is 16.4. The lowest BCUT2D eigenvalue weighted by atomic mass is 9.78. The minimum atomic E-state index is -5.07. The number of hydrogen-bond donors (Lipinski definition) is 0. The molecule has 3 aromatic rings. The molecule has 49 heavy (non-hydrogen) atoms. The van der Waals surface area contributed by atoms with Crippen molar-refractivity contribution in [2.75, 3.05) is 6.61 Å². The average molecular weight is 693 g/mol. The fourth-order valence-electron chi connectivity index (χ4n) is 6.88. The molecule has 262 valence electrons. The fourth-order valence-corrected chi connectivity index (χ4v) is 6.88. The topological polar surface area (TPSA) is 68.7 Å². The Kier molecular flexibility index (Phi) is 9.40. The molecule has 3 fully saturated rings. The van der Waals surface area contributed by atoms with Gasteiger partial charge in [0.25, 0.3) is 0 Å². The molecule has 6 rings (SSSR count). The van der Waals surface area contributed by atoms with E-state index in [0.717, 1.165) is 24.1 Å². The largest absolute Gasteiger partial charge is 0.466 e. The Morgan fingerprint density at radius 3 is 2.08 bits per heavy atom. The number of alkyl halides is 6. The van der Waals surface area contributed by atoms with Gasteiger partial charge in [0.15, 0.2) is 0 Å². The van der Waals surface area contributed by atoms with Crippen LogP contribution < -0.4 is 0 Å². The molecule has 3 aliphatic rings. The molecule has 1 aromatic heterocycles. The van der Waals surface area contributed by atoms with Gasteiger partial charge in [-0.1, -0.05) is 12.1 Å².